The van der Waals surface area contributed by atoms with Gasteiger partial charge < -0.3 is 10.2 Å². The summed E-state index contributed by atoms with van der Waals surface area (Å²) >= 11 is 0. The molecule has 1 fully saturated rings. The molecule has 21 heavy (non-hydrogen) atoms. The summed E-state index contributed by atoms with van der Waals surface area (Å²) in [5, 5.41) is 2.69. The van der Waals surface area contributed by atoms with Gasteiger partial charge in [0.15, 0.2) is 9.84 Å². The molecular formula is C13H20N4O3S. The predicted molar refractivity (Wildman–Crippen MR) is 80.1 cm³/mol. The van der Waals surface area contributed by atoms with Crippen molar-refractivity contribution in [1.82, 2.24) is 15.3 Å². The summed E-state index contributed by atoms with van der Waals surface area (Å²) < 4.78 is 22.7. The van der Waals surface area contributed by atoms with Crippen molar-refractivity contribution in [3.8, 4) is 0 Å². The summed E-state index contributed by atoms with van der Waals surface area (Å²) in [6.45, 7) is 5.67. The molecule has 1 unspecified atom stereocenters. The second-order valence-electron chi connectivity index (χ2n) is 5.01. The maximum Gasteiger partial charge on any atom is 0.271 e. The first-order valence-electron chi connectivity index (χ1n) is 7.03. The number of rotatable bonds is 5. The Balaban J connectivity index is 2.00. The number of sulfone groups is 1. The van der Waals surface area contributed by atoms with Crippen LogP contribution in [0.15, 0.2) is 12.4 Å². The van der Waals surface area contributed by atoms with E-state index in [0.717, 1.165) is 18.9 Å². The first-order valence-corrected chi connectivity index (χ1v) is 8.85. The molecule has 1 aromatic rings. The van der Waals surface area contributed by atoms with Gasteiger partial charge in [0.05, 0.1) is 23.9 Å². The van der Waals surface area contributed by atoms with Gasteiger partial charge in [0, 0.05) is 19.1 Å². The van der Waals surface area contributed by atoms with Crippen molar-refractivity contribution >= 4 is 21.6 Å². The Kier molecular flexibility index (Phi) is 4.76. The van der Waals surface area contributed by atoms with Crippen molar-refractivity contribution in [3.05, 3.63) is 18.1 Å². The Labute approximate surface area is 124 Å². The molecule has 0 bridgehead atoms. The van der Waals surface area contributed by atoms with E-state index in [-0.39, 0.29) is 29.1 Å². The van der Waals surface area contributed by atoms with Gasteiger partial charge in [-0.15, -0.1) is 0 Å². The van der Waals surface area contributed by atoms with Gasteiger partial charge in [-0.2, -0.15) is 0 Å². The zero-order valence-corrected chi connectivity index (χ0v) is 13.1. The van der Waals surface area contributed by atoms with Crippen molar-refractivity contribution in [3.63, 3.8) is 0 Å². The fourth-order valence-corrected chi connectivity index (χ4v) is 3.99. The van der Waals surface area contributed by atoms with E-state index in [1.807, 2.05) is 18.7 Å². The van der Waals surface area contributed by atoms with E-state index in [4.69, 9.17) is 0 Å². The Bertz CT molecular complexity index is 596. The maximum absolute atomic E-state index is 12.0. The second-order valence-corrected chi connectivity index (χ2v) is 7.23. The molecule has 7 nitrogen and oxygen atoms in total. The lowest BCUT2D eigenvalue weighted by molar-refractivity contribution is 0.0935. The van der Waals surface area contributed by atoms with Gasteiger partial charge in [-0.3, -0.25) is 4.79 Å². The number of hydrogen-bond acceptors (Lipinski definition) is 6. The van der Waals surface area contributed by atoms with Crippen LogP contribution in [0.1, 0.15) is 30.8 Å². The van der Waals surface area contributed by atoms with Crippen molar-refractivity contribution in [2.24, 2.45) is 0 Å². The van der Waals surface area contributed by atoms with Crippen molar-refractivity contribution in [2.75, 3.05) is 29.5 Å². The van der Waals surface area contributed by atoms with Crippen LogP contribution in [0, 0.1) is 0 Å². The van der Waals surface area contributed by atoms with E-state index in [0.29, 0.717) is 6.42 Å². The molecule has 1 amide bonds. The number of aromatic nitrogens is 2. The van der Waals surface area contributed by atoms with Crippen LogP contribution in [0.4, 0.5) is 5.82 Å². The molecule has 1 N–H and O–H groups in total. The van der Waals surface area contributed by atoms with Gasteiger partial charge in [-0.1, -0.05) is 0 Å². The van der Waals surface area contributed by atoms with Gasteiger partial charge in [0.2, 0.25) is 0 Å². The SMILES string of the molecule is CCN(CC)c1cnc(C(=O)NC2CCS(=O)(=O)C2)cn1. The van der Waals surface area contributed by atoms with Gasteiger partial charge in [0.1, 0.15) is 11.5 Å². The highest BCUT2D eigenvalue weighted by Crippen LogP contribution is 2.12. The van der Waals surface area contributed by atoms with E-state index >= 15 is 0 Å². The van der Waals surface area contributed by atoms with E-state index in [1.54, 1.807) is 6.20 Å². The average molecular weight is 312 g/mol. The minimum absolute atomic E-state index is 0.00367. The molecule has 1 saturated heterocycles. The lowest BCUT2D eigenvalue weighted by atomic mass is 10.2. The zero-order chi connectivity index (χ0) is 15.5. The van der Waals surface area contributed by atoms with Crippen LogP contribution in [0.25, 0.3) is 0 Å². The normalized spacial score (nSPS) is 20.2. The third-order valence-electron chi connectivity index (χ3n) is 3.53. The molecule has 116 valence electrons. The number of carbonyl (C=O) groups excluding carboxylic acids is 1. The van der Waals surface area contributed by atoms with Crippen LogP contribution in [0.2, 0.25) is 0 Å². The van der Waals surface area contributed by atoms with Crippen LogP contribution in [-0.4, -0.2) is 54.9 Å². The van der Waals surface area contributed by atoms with Crippen LogP contribution in [0.5, 0.6) is 0 Å². The fourth-order valence-electron chi connectivity index (χ4n) is 2.32. The fraction of sp³-hybridized carbons (Fsp3) is 0.615. The van der Waals surface area contributed by atoms with Crippen molar-refractivity contribution < 1.29 is 13.2 Å². The lowest BCUT2D eigenvalue weighted by Crippen LogP contribution is -2.36. The smallest absolute Gasteiger partial charge is 0.271 e. The second kappa shape index (κ2) is 6.38. The van der Waals surface area contributed by atoms with Gasteiger partial charge >= 0.3 is 0 Å². The predicted octanol–water partition coefficient (Wildman–Crippen LogP) is 0.240. The van der Waals surface area contributed by atoms with Crippen molar-refractivity contribution in [1.29, 1.82) is 0 Å². The third kappa shape index (κ3) is 3.90. The van der Waals surface area contributed by atoms with Crippen LogP contribution in [0.3, 0.4) is 0 Å². The van der Waals surface area contributed by atoms with E-state index in [1.165, 1.54) is 6.20 Å². The molecule has 1 aromatic heterocycles. The summed E-state index contributed by atoms with van der Waals surface area (Å²) in [5.41, 5.74) is 0.204. The van der Waals surface area contributed by atoms with E-state index in [9.17, 15) is 13.2 Å². The molecule has 0 aromatic carbocycles. The highest BCUT2D eigenvalue weighted by molar-refractivity contribution is 7.91. The summed E-state index contributed by atoms with van der Waals surface area (Å²) in [6.07, 6.45) is 3.44. The average Bonchev–Trinajstić information content (AvgIpc) is 2.80. The van der Waals surface area contributed by atoms with E-state index in [2.05, 4.69) is 15.3 Å². The van der Waals surface area contributed by atoms with E-state index < -0.39 is 9.84 Å². The Morgan fingerprint density at radius 2 is 2.05 bits per heavy atom. The number of anilines is 1. The highest BCUT2D eigenvalue weighted by Gasteiger charge is 2.29. The molecule has 1 aliphatic rings. The Hall–Kier alpha value is -1.70. The molecule has 1 atom stereocenters. The summed E-state index contributed by atoms with van der Waals surface area (Å²) in [5.74, 6) is 0.476. The first-order chi connectivity index (χ1) is 9.95. The van der Waals surface area contributed by atoms with Crippen molar-refractivity contribution in [2.45, 2.75) is 26.3 Å². The highest BCUT2D eigenvalue weighted by atomic mass is 32.2. The molecule has 2 heterocycles. The number of nitrogens with one attached hydrogen (secondary N) is 1. The maximum atomic E-state index is 12.0. The standard InChI is InChI=1S/C13H20N4O3S/c1-3-17(4-2)12-8-14-11(7-15-12)13(18)16-10-5-6-21(19,20)9-10/h7-8,10H,3-6,9H2,1-2H3,(H,16,18). The van der Waals surface area contributed by atoms with Gasteiger partial charge in [0.25, 0.3) is 5.91 Å². The summed E-state index contributed by atoms with van der Waals surface area (Å²) in [4.78, 5) is 22.4. The topological polar surface area (TPSA) is 92.3 Å². The third-order valence-corrected chi connectivity index (χ3v) is 5.29. The minimum Gasteiger partial charge on any atom is -0.356 e. The molecule has 0 radical (unpaired) electrons. The molecule has 0 saturated carbocycles. The number of nitrogens with zero attached hydrogens (tertiary/aromatic N) is 3. The Morgan fingerprint density at radius 3 is 2.52 bits per heavy atom. The molecule has 8 heteroatoms. The zero-order valence-electron chi connectivity index (χ0n) is 12.2. The summed E-state index contributed by atoms with van der Waals surface area (Å²) in [7, 11) is -3.01. The quantitative estimate of drug-likeness (QED) is 0.837. The van der Waals surface area contributed by atoms with Gasteiger partial charge in [-0.25, -0.2) is 18.4 Å². The largest absolute Gasteiger partial charge is 0.356 e. The molecule has 2 rings (SSSR count). The van der Waals surface area contributed by atoms with Crippen LogP contribution < -0.4 is 10.2 Å². The number of carbonyl (C=O) groups is 1. The lowest BCUT2D eigenvalue weighted by Gasteiger charge is -2.19. The molecular weight excluding hydrogens is 292 g/mol. The monoisotopic (exact) mass is 312 g/mol. The number of hydrogen-bond donors (Lipinski definition) is 1. The number of amides is 1. The Morgan fingerprint density at radius 1 is 1.33 bits per heavy atom. The van der Waals surface area contributed by atoms with Gasteiger partial charge in [-0.05, 0) is 20.3 Å². The molecule has 0 aliphatic carbocycles. The molecule has 0 spiro atoms. The summed E-state index contributed by atoms with van der Waals surface area (Å²) in [6, 6.07) is -0.327. The molecule has 1 aliphatic heterocycles. The van der Waals surface area contributed by atoms with Crippen LogP contribution in [-0.2, 0) is 9.84 Å². The minimum atomic E-state index is -3.01. The first kappa shape index (κ1) is 15.7. The van der Waals surface area contributed by atoms with Crippen LogP contribution >= 0.6 is 0 Å².